The third-order valence-corrected chi connectivity index (χ3v) is 4.99. The molecule has 2 N–H and O–H groups in total. The highest BCUT2D eigenvalue weighted by Crippen LogP contribution is 2.25. The second-order valence-electron chi connectivity index (χ2n) is 7.15. The van der Waals surface area contributed by atoms with Gasteiger partial charge in [-0.2, -0.15) is 0 Å². The Morgan fingerprint density at radius 2 is 1.97 bits per heavy atom. The number of benzene rings is 1. The predicted octanol–water partition coefficient (Wildman–Crippen LogP) is 1.50. The molecule has 2 heterocycles. The van der Waals surface area contributed by atoms with Crippen LogP contribution in [0.3, 0.4) is 0 Å². The molecule has 0 aliphatic carbocycles. The third kappa shape index (κ3) is 5.11. The largest absolute Gasteiger partial charge is 0.497 e. The minimum absolute atomic E-state index is 0.00341. The Balaban J connectivity index is 1.62. The molecule has 1 aliphatic heterocycles. The molecule has 0 unspecified atom stereocenters. The first-order valence-corrected chi connectivity index (χ1v) is 9.68. The smallest absolute Gasteiger partial charge is 0.259 e. The summed E-state index contributed by atoms with van der Waals surface area (Å²) in [5, 5.41) is 5.34. The van der Waals surface area contributed by atoms with Gasteiger partial charge in [-0.05, 0) is 37.6 Å². The Kier molecular flexibility index (Phi) is 6.61. The van der Waals surface area contributed by atoms with Gasteiger partial charge in [-0.15, -0.1) is 0 Å². The number of ether oxygens (including phenoxy) is 1. The summed E-state index contributed by atoms with van der Waals surface area (Å²) in [5.74, 6) is 0.675. The van der Waals surface area contributed by atoms with Crippen molar-refractivity contribution >= 4 is 23.4 Å². The summed E-state index contributed by atoms with van der Waals surface area (Å²) < 4.78 is 5.11. The van der Waals surface area contributed by atoms with Crippen molar-refractivity contribution in [2.24, 2.45) is 0 Å². The van der Waals surface area contributed by atoms with Gasteiger partial charge in [0.2, 0.25) is 11.8 Å². The van der Waals surface area contributed by atoms with Gasteiger partial charge in [0.1, 0.15) is 11.6 Å². The molecule has 2 aromatic rings. The molecule has 30 heavy (non-hydrogen) atoms. The summed E-state index contributed by atoms with van der Waals surface area (Å²) in [6, 6.07) is 7.04. The van der Waals surface area contributed by atoms with Crippen LogP contribution in [0, 0.1) is 6.92 Å². The molecule has 3 rings (SSSR count). The van der Waals surface area contributed by atoms with E-state index < -0.39 is 0 Å². The lowest BCUT2D eigenvalue weighted by Gasteiger charge is -2.16. The first-order valence-electron chi connectivity index (χ1n) is 9.68. The third-order valence-electron chi connectivity index (χ3n) is 4.99. The van der Waals surface area contributed by atoms with Crippen LogP contribution in [-0.2, 0) is 9.59 Å². The molecule has 9 heteroatoms. The van der Waals surface area contributed by atoms with E-state index in [0.29, 0.717) is 41.6 Å². The summed E-state index contributed by atoms with van der Waals surface area (Å²) in [7, 11) is 1.58. The van der Waals surface area contributed by atoms with Gasteiger partial charge in [0.05, 0.1) is 24.9 Å². The number of aryl methyl sites for hydroxylation is 1. The lowest BCUT2D eigenvalue weighted by atomic mass is 10.1. The van der Waals surface area contributed by atoms with Crippen LogP contribution in [0.1, 0.15) is 41.1 Å². The lowest BCUT2D eigenvalue weighted by molar-refractivity contribution is -0.131. The zero-order valence-corrected chi connectivity index (χ0v) is 17.3. The maximum absolute atomic E-state index is 12.6. The molecule has 0 bridgehead atoms. The van der Waals surface area contributed by atoms with Crippen molar-refractivity contribution in [2.75, 3.05) is 32.1 Å². The molecule has 158 valence electrons. The fourth-order valence-electron chi connectivity index (χ4n) is 3.29. The lowest BCUT2D eigenvalue weighted by Crippen LogP contribution is -2.38. The van der Waals surface area contributed by atoms with Gasteiger partial charge in [-0.3, -0.25) is 14.4 Å². The Labute approximate surface area is 174 Å². The average Bonchev–Trinajstić information content (AvgIpc) is 3.22. The van der Waals surface area contributed by atoms with Crippen LogP contribution in [0.4, 0.5) is 5.69 Å². The zero-order valence-electron chi connectivity index (χ0n) is 17.3. The number of carbonyl (C=O) groups is 3. The molecule has 9 nitrogen and oxygen atoms in total. The summed E-state index contributed by atoms with van der Waals surface area (Å²) in [6.45, 7) is 4.22. The maximum atomic E-state index is 12.6. The van der Waals surface area contributed by atoms with Crippen LogP contribution in [0.5, 0.6) is 5.75 Å². The molecule has 0 spiro atoms. The van der Waals surface area contributed by atoms with Gasteiger partial charge in [0, 0.05) is 37.8 Å². The number of nitrogens with one attached hydrogen (secondary N) is 2. The van der Waals surface area contributed by atoms with E-state index in [1.807, 2.05) is 0 Å². The molecule has 1 atom stereocenters. The van der Waals surface area contributed by atoms with Crippen LogP contribution in [0.2, 0.25) is 0 Å². The summed E-state index contributed by atoms with van der Waals surface area (Å²) in [5.41, 5.74) is 1.62. The highest BCUT2D eigenvalue weighted by molar-refractivity contribution is 6.04. The number of hydrogen-bond donors (Lipinski definition) is 2. The Hall–Kier alpha value is -3.49. The van der Waals surface area contributed by atoms with Crippen LogP contribution in [0.25, 0.3) is 0 Å². The number of aromatic nitrogens is 2. The van der Waals surface area contributed by atoms with Crippen molar-refractivity contribution in [2.45, 2.75) is 26.2 Å². The second-order valence-corrected chi connectivity index (χ2v) is 7.15. The predicted molar refractivity (Wildman–Crippen MR) is 110 cm³/mol. The second kappa shape index (κ2) is 9.34. The van der Waals surface area contributed by atoms with E-state index in [0.717, 1.165) is 6.42 Å². The average molecular weight is 411 g/mol. The fourth-order valence-corrected chi connectivity index (χ4v) is 3.29. The highest BCUT2D eigenvalue weighted by Gasteiger charge is 2.29. The van der Waals surface area contributed by atoms with Crippen molar-refractivity contribution in [1.82, 2.24) is 20.2 Å². The molecule has 3 amide bonds. The van der Waals surface area contributed by atoms with E-state index in [1.165, 1.54) is 13.1 Å². The van der Waals surface area contributed by atoms with Crippen LogP contribution >= 0.6 is 0 Å². The summed E-state index contributed by atoms with van der Waals surface area (Å²) in [4.78, 5) is 46.3. The van der Waals surface area contributed by atoms with Gasteiger partial charge in [-0.1, -0.05) is 0 Å². The number of anilines is 1. The molecule has 1 aromatic heterocycles. The van der Waals surface area contributed by atoms with Crippen LogP contribution < -0.4 is 15.4 Å². The normalized spacial score (nSPS) is 15.6. The number of likely N-dealkylation sites (tertiary alicyclic amines) is 1. The van der Waals surface area contributed by atoms with Crippen molar-refractivity contribution in [3.05, 3.63) is 47.5 Å². The molecular formula is C21H25N5O4. The minimum atomic E-state index is -0.289. The van der Waals surface area contributed by atoms with Crippen molar-refractivity contribution < 1.29 is 19.1 Å². The number of nitrogens with zero attached hydrogens (tertiary/aromatic N) is 3. The van der Waals surface area contributed by atoms with Gasteiger partial charge < -0.3 is 20.3 Å². The fraction of sp³-hybridized carbons (Fsp3) is 0.381. The number of rotatable bonds is 6. The van der Waals surface area contributed by atoms with Crippen LogP contribution in [-0.4, -0.2) is 59.3 Å². The molecule has 1 fully saturated rings. The summed E-state index contributed by atoms with van der Waals surface area (Å²) in [6.07, 6.45) is 2.26. The van der Waals surface area contributed by atoms with E-state index in [9.17, 15) is 14.4 Å². The van der Waals surface area contributed by atoms with E-state index in [4.69, 9.17) is 4.74 Å². The number of hydrogen-bond acceptors (Lipinski definition) is 6. The minimum Gasteiger partial charge on any atom is -0.497 e. The van der Waals surface area contributed by atoms with E-state index in [2.05, 4.69) is 20.6 Å². The van der Waals surface area contributed by atoms with Crippen molar-refractivity contribution in [3.8, 4) is 5.75 Å². The summed E-state index contributed by atoms with van der Waals surface area (Å²) >= 11 is 0. The standard InChI is InChI=1S/C21H25N5O4/c1-13-18(21(29)25-16-4-6-17(30-3)7-5-16)10-23-20(24-13)15-8-9-26(12-15)19(28)11-22-14(2)27/h4-7,10,15H,8-9,11-12H2,1-3H3,(H,22,27)(H,25,29)/t15-/m1/s1. The zero-order chi connectivity index (χ0) is 21.7. The molecule has 0 radical (unpaired) electrons. The number of amides is 3. The van der Waals surface area contributed by atoms with Crippen LogP contribution in [0.15, 0.2) is 30.5 Å². The van der Waals surface area contributed by atoms with E-state index in [-0.39, 0.29) is 30.2 Å². The van der Waals surface area contributed by atoms with E-state index >= 15 is 0 Å². The van der Waals surface area contributed by atoms with Gasteiger partial charge >= 0.3 is 0 Å². The molecule has 0 saturated carbocycles. The Morgan fingerprint density at radius 1 is 1.23 bits per heavy atom. The molecule has 1 aromatic carbocycles. The Morgan fingerprint density at radius 3 is 2.60 bits per heavy atom. The van der Waals surface area contributed by atoms with Gasteiger partial charge in [0.25, 0.3) is 5.91 Å². The first-order chi connectivity index (χ1) is 14.4. The maximum Gasteiger partial charge on any atom is 0.259 e. The molecule has 1 saturated heterocycles. The van der Waals surface area contributed by atoms with Gasteiger partial charge in [-0.25, -0.2) is 9.97 Å². The van der Waals surface area contributed by atoms with E-state index in [1.54, 1.807) is 43.2 Å². The van der Waals surface area contributed by atoms with Crippen molar-refractivity contribution in [3.63, 3.8) is 0 Å². The van der Waals surface area contributed by atoms with Crippen molar-refractivity contribution in [1.29, 1.82) is 0 Å². The molecular weight excluding hydrogens is 386 g/mol. The monoisotopic (exact) mass is 411 g/mol. The quantitative estimate of drug-likeness (QED) is 0.745. The van der Waals surface area contributed by atoms with Gasteiger partial charge in [0.15, 0.2) is 0 Å². The highest BCUT2D eigenvalue weighted by atomic mass is 16.5. The topological polar surface area (TPSA) is 114 Å². The number of carbonyl (C=O) groups excluding carboxylic acids is 3. The molecule has 1 aliphatic rings. The first kappa shape index (κ1) is 21.2. The Bertz CT molecular complexity index is 945. The SMILES string of the molecule is COc1ccc(NC(=O)c2cnc([C@@H]3CCN(C(=O)CNC(C)=O)C3)nc2C)cc1. The number of methoxy groups -OCH3 is 1.